The number of unbranched alkanes of at least 4 members (excludes halogenated alkanes) is 1. The minimum absolute atomic E-state index is 0.799. The Labute approximate surface area is 72.2 Å². The average Bonchev–Trinajstić information content (AvgIpc) is 2.14. The molecule has 0 fully saturated rings. The van der Waals surface area contributed by atoms with Crippen LogP contribution < -0.4 is 5.32 Å². The first-order valence-electron chi connectivity index (χ1n) is 3.87. The molecule has 12 heavy (non-hydrogen) atoms. The van der Waals surface area contributed by atoms with Gasteiger partial charge in [0, 0.05) is 25.4 Å². The molecule has 0 aliphatic heterocycles. The first-order chi connectivity index (χ1) is 5.93. The fourth-order valence-electron chi connectivity index (χ4n) is 0.797. The Balaban J connectivity index is 2.21. The van der Waals surface area contributed by atoms with E-state index in [0.29, 0.717) is 0 Å². The maximum absolute atomic E-state index is 5.10. The summed E-state index contributed by atoms with van der Waals surface area (Å²) in [4.78, 5) is 7.97. The normalized spacial score (nSPS) is 8.92. The fraction of sp³-hybridized carbons (Fsp3) is 0.333. The van der Waals surface area contributed by atoms with E-state index in [-0.39, 0.29) is 0 Å². The molecule has 3 nitrogen and oxygen atoms in total. The van der Waals surface area contributed by atoms with Gasteiger partial charge in [-0.2, -0.15) is 0 Å². The molecule has 3 heteroatoms. The predicted octanol–water partition coefficient (Wildman–Crippen LogP) is 1.30. The van der Waals surface area contributed by atoms with E-state index in [0.717, 1.165) is 25.2 Å². The van der Waals surface area contributed by atoms with Gasteiger partial charge in [-0.25, -0.2) is 4.98 Å². The third kappa shape index (κ3) is 3.02. The second-order valence-electron chi connectivity index (χ2n) is 2.33. The van der Waals surface area contributed by atoms with Crippen LogP contribution in [0.2, 0.25) is 0 Å². The van der Waals surface area contributed by atoms with Crippen molar-refractivity contribution in [1.82, 2.24) is 9.97 Å². The molecule has 0 unspecified atom stereocenters. The van der Waals surface area contributed by atoms with Gasteiger partial charge in [0.1, 0.15) is 5.82 Å². The molecular formula is C9H11N3. The summed E-state index contributed by atoms with van der Waals surface area (Å²) in [6.45, 7) is 0.850. The predicted molar refractivity (Wildman–Crippen MR) is 48.6 cm³/mol. The Bertz CT molecular complexity index is 250. The van der Waals surface area contributed by atoms with E-state index in [2.05, 4.69) is 21.2 Å². The second kappa shape index (κ2) is 5.14. The summed E-state index contributed by atoms with van der Waals surface area (Å²) in [6, 6.07) is 0. The molecular weight excluding hydrogens is 150 g/mol. The van der Waals surface area contributed by atoms with Crippen LogP contribution in [0, 0.1) is 12.3 Å². The number of rotatable bonds is 4. The van der Waals surface area contributed by atoms with Crippen molar-refractivity contribution in [2.75, 3.05) is 11.9 Å². The van der Waals surface area contributed by atoms with Crippen molar-refractivity contribution in [3.8, 4) is 12.3 Å². The quantitative estimate of drug-likeness (QED) is 0.534. The molecule has 0 aliphatic carbocycles. The van der Waals surface area contributed by atoms with Gasteiger partial charge >= 0.3 is 0 Å². The van der Waals surface area contributed by atoms with E-state index < -0.39 is 0 Å². The summed E-state index contributed by atoms with van der Waals surface area (Å²) >= 11 is 0. The van der Waals surface area contributed by atoms with Crippen LogP contribution in [-0.4, -0.2) is 16.5 Å². The van der Waals surface area contributed by atoms with E-state index in [1.165, 1.54) is 0 Å². The Morgan fingerprint density at radius 3 is 3.08 bits per heavy atom. The maximum atomic E-state index is 5.10. The molecule has 0 spiro atoms. The van der Waals surface area contributed by atoms with Gasteiger partial charge in [-0.1, -0.05) is 0 Å². The molecule has 0 aromatic carbocycles. The number of anilines is 1. The zero-order chi connectivity index (χ0) is 8.65. The molecule has 0 aliphatic rings. The fourth-order valence-corrected chi connectivity index (χ4v) is 0.797. The van der Waals surface area contributed by atoms with Gasteiger partial charge in [-0.3, -0.25) is 4.98 Å². The van der Waals surface area contributed by atoms with E-state index in [1.807, 2.05) is 0 Å². The van der Waals surface area contributed by atoms with Crippen molar-refractivity contribution in [3.05, 3.63) is 18.6 Å². The third-order valence-electron chi connectivity index (χ3n) is 1.37. The van der Waals surface area contributed by atoms with Crippen LogP contribution in [0.15, 0.2) is 18.6 Å². The average molecular weight is 161 g/mol. The third-order valence-corrected chi connectivity index (χ3v) is 1.37. The standard InChI is InChI=1S/C9H11N3/c1-2-3-4-5-11-9-8-10-6-7-12-9/h1,6-8H,3-5H2,(H,11,12). The van der Waals surface area contributed by atoms with Gasteiger partial charge in [-0.15, -0.1) is 12.3 Å². The monoisotopic (exact) mass is 161 g/mol. The molecule has 0 atom stereocenters. The molecule has 0 saturated heterocycles. The molecule has 0 radical (unpaired) electrons. The van der Waals surface area contributed by atoms with Crippen molar-refractivity contribution in [1.29, 1.82) is 0 Å². The first-order valence-corrected chi connectivity index (χ1v) is 3.87. The summed E-state index contributed by atoms with van der Waals surface area (Å²) in [5, 5.41) is 3.11. The Hall–Kier alpha value is -1.56. The van der Waals surface area contributed by atoms with E-state index in [1.54, 1.807) is 18.6 Å². The number of terminal acetylenes is 1. The second-order valence-corrected chi connectivity index (χ2v) is 2.33. The van der Waals surface area contributed by atoms with Crippen LogP contribution >= 0.6 is 0 Å². The number of hydrogen-bond acceptors (Lipinski definition) is 3. The van der Waals surface area contributed by atoms with Gasteiger partial charge in [0.25, 0.3) is 0 Å². The lowest BCUT2D eigenvalue weighted by Crippen LogP contribution is -2.02. The molecule has 1 rings (SSSR count). The van der Waals surface area contributed by atoms with Crippen LogP contribution in [0.25, 0.3) is 0 Å². The number of nitrogens with one attached hydrogen (secondary N) is 1. The van der Waals surface area contributed by atoms with Crippen LogP contribution in [0.3, 0.4) is 0 Å². The highest BCUT2D eigenvalue weighted by Crippen LogP contribution is 1.97. The topological polar surface area (TPSA) is 37.8 Å². The van der Waals surface area contributed by atoms with Gasteiger partial charge in [0.2, 0.25) is 0 Å². The highest BCUT2D eigenvalue weighted by Gasteiger charge is 1.89. The summed E-state index contributed by atoms with van der Waals surface area (Å²) in [7, 11) is 0. The molecule has 1 heterocycles. The Kier molecular flexibility index (Phi) is 3.65. The van der Waals surface area contributed by atoms with Gasteiger partial charge in [-0.05, 0) is 6.42 Å². The number of hydrogen-bond donors (Lipinski definition) is 1. The summed E-state index contributed by atoms with van der Waals surface area (Å²) in [5.41, 5.74) is 0. The first kappa shape index (κ1) is 8.54. The largest absolute Gasteiger partial charge is 0.369 e. The van der Waals surface area contributed by atoms with Crippen molar-refractivity contribution >= 4 is 5.82 Å². The molecule has 62 valence electrons. The molecule has 1 aromatic heterocycles. The van der Waals surface area contributed by atoms with Crippen molar-refractivity contribution < 1.29 is 0 Å². The van der Waals surface area contributed by atoms with Crippen LogP contribution in [0.1, 0.15) is 12.8 Å². The molecule has 0 saturated carbocycles. The smallest absolute Gasteiger partial charge is 0.144 e. The molecule has 1 aromatic rings. The number of aromatic nitrogens is 2. The van der Waals surface area contributed by atoms with Crippen molar-refractivity contribution in [2.24, 2.45) is 0 Å². The zero-order valence-corrected chi connectivity index (χ0v) is 6.83. The van der Waals surface area contributed by atoms with Gasteiger partial charge in [0.15, 0.2) is 0 Å². The molecule has 0 bridgehead atoms. The maximum Gasteiger partial charge on any atom is 0.144 e. The van der Waals surface area contributed by atoms with Crippen LogP contribution in [-0.2, 0) is 0 Å². The van der Waals surface area contributed by atoms with E-state index in [9.17, 15) is 0 Å². The van der Waals surface area contributed by atoms with E-state index in [4.69, 9.17) is 6.42 Å². The highest BCUT2D eigenvalue weighted by atomic mass is 15.0. The SMILES string of the molecule is C#CCCCNc1cnccn1. The van der Waals surface area contributed by atoms with Crippen molar-refractivity contribution in [2.45, 2.75) is 12.8 Å². The highest BCUT2D eigenvalue weighted by molar-refractivity contribution is 5.29. The Morgan fingerprint density at radius 2 is 2.42 bits per heavy atom. The summed E-state index contributed by atoms with van der Waals surface area (Å²) in [5.74, 6) is 3.38. The Morgan fingerprint density at radius 1 is 1.50 bits per heavy atom. The molecule has 1 N–H and O–H groups in total. The van der Waals surface area contributed by atoms with Crippen LogP contribution in [0.5, 0.6) is 0 Å². The number of nitrogens with zero attached hydrogens (tertiary/aromatic N) is 2. The van der Waals surface area contributed by atoms with Crippen LogP contribution in [0.4, 0.5) is 5.82 Å². The van der Waals surface area contributed by atoms with E-state index >= 15 is 0 Å². The van der Waals surface area contributed by atoms with Crippen molar-refractivity contribution in [3.63, 3.8) is 0 Å². The zero-order valence-electron chi connectivity index (χ0n) is 6.83. The lowest BCUT2D eigenvalue weighted by Gasteiger charge is -2.01. The minimum atomic E-state index is 0.799. The molecule has 0 amide bonds. The van der Waals surface area contributed by atoms with Gasteiger partial charge in [0.05, 0.1) is 6.20 Å². The lowest BCUT2D eigenvalue weighted by molar-refractivity contribution is 0.899. The van der Waals surface area contributed by atoms with Gasteiger partial charge < -0.3 is 5.32 Å². The lowest BCUT2D eigenvalue weighted by atomic mass is 10.3. The summed E-state index contributed by atoms with van der Waals surface area (Å²) < 4.78 is 0. The minimum Gasteiger partial charge on any atom is -0.369 e. The summed E-state index contributed by atoms with van der Waals surface area (Å²) in [6.07, 6.45) is 11.9.